The van der Waals surface area contributed by atoms with Crippen molar-refractivity contribution < 1.29 is 8.42 Å². The van der Waals surface area contributed by atoms with Crippen molar-refractivity contribution in [1.82, 2.24) is 0 Å². The van der Waals surface area contributed by atoms with Crippen molar-refractivity contribution in [2.24, 2.45) is 0 Å². The Balaban J connectivity index is 2.40. The van der Waals surface area contributed by atoms with E-state index in [1.54, 1.807) is 6.07 Å². The highest BCUT2D eigenvalue weighted by Crippen LogP contribution is 2.28. The Morgan fingerprint density at radius 1 is 1.05 bits per heavy atom. The third kappa shape index (κ3) is 3.38. The molecule has 0 aliphatic carbocycles. The van der Waals surface area contributed by atoms with Gasteiger partial charge in [-0.3, -0.25) is 4.72 Å². The van der Waals surface area contributed by atoms with Gasteiger partial charge < -0.3 is 5.73 Å². The first-order valence-corrected chi connectivity index (χ1v) is 8.36. The highest BCUT2D eigenvalue weighted by molar-refractivity contribution is 9.10. The minimum absolute atomic E-state index is 0.0158. The van der Waals surface area contributed by atoms with Gasteiger partial charge in [-0.2, -0.15) is 0 Å². The molecule has 20 heavy (non-hydrogen) atoms. The van der Waals surface area contributed by atoms with E-state index in [0.29, 0.717) is 15.2 Å². The second kappa shape index (κ2) is 5.81. The molecule has 2 aromatic carbocycles. The maximum atomic E-state index is 12.3. The zero-order chi connectivity index (χ0) is 14.9. The second-order valence-corrected chi connectivity index (χ2v) is 7.30. The van der Waals surface area contributed by atoms with Gasteiger partial charge in [0.25, 0.3) is 10.0 Å². The summed E-state index contributed by atoms with van der Waals surface area (Å²) in [6.07, 6.45) is 0. The number of rotatable bonds is 3. The molecule has 0 atom stereocenters. The van der Waals surface area contributed by atoms with E-state index >= 15 is 0 Å². The average Bonchev–Trinajstić information content (AvgIpc) is 2.36. The summed E-state index contributed by atoms with van der Waals surface area (Å²) in [4.78, 5) is -0.0158. The molecule has 3 N–H and O–H groups in total. The van der Waals surface area contributed by atoms with Gasteiger partial charge in [-0.25, -0.2) is 8.42 Å². The Hall–Kier alpha value is -0.950. The SMILES string of the molecule is Nc1ccc(Br)cc1S(=O)(=O)Nc1ccc(Cl)c(Cl)c1. The lowest BCUT2D eigenvalue weighted by atomic mass is 10.3. The van der Waals surface area contributed by atoms with Crippen LogP contribution in [-0.4, -0.2) is 8.42 Å². The van der Waals surface area contributed by atoms with Crippen LogP contribution in [0.25, 0.3) is 0 Å². The molecule has 0 amide bonds. The molecule has 106 valence electrons. The Bertz CT molecular complexity index is 766. The molecule has 2 rings (SSSR count). The molecule has 4 nitrogen and oxygen atoms in total. The maximum Gasteiger partial charge on any atom is 0.263 e. The van der Waals surface area contributed by atoms with E-state index in [1.165, 1.54) is 30.3 Å². The Labute approximate surface area is 135 Å². The van der Waals surface area contributed by atoms with Gasteiger partial charge in [-0.15, -0.1) is 0 Å². The smallest absolute Gasteiger partial charge is 0.263 e. The molecule has 0 saturated carbocycles. The van der Waals surface area contributed by atoms with Crippen LogP contribution in [-0.2, 0) is 10.0 Å². The van der Waals surface area contributed by atoms with Crippen molar-refractivity contribution in [2.45, 2.75) is 4.90 Å². The van der Waals surface area contributed by atoms with E-state index in [0.717, 1.165) is 0 Å². The van der Waals surface area contributed by atoms with Gasteiger partial charge in [0.1, 0.15) is 4.90 Å². The van der Waals surface area contributed by atoms with Gasteiger partial charge in [0.15, 0.2) is 0 Å². The molecule has 0 aliphatic rings. The van der Waals surface area contributed by atoms with Crippen LogP contribution in [0.4, 0.5) is 11.4 Å². The van der Waals surface area contributed by atoms with Crippen molar-refractivity contribution in [2.75, 3.05) is 10.5 Å². The monoisotopic (exact) mass is 394 g/mol. The van der Waals surface area contributed by atoms with E-state index < -0.39 is 10.0 Å². The first kappa shape index (κ1) is 15.4. The first-order valence-electron chi connectivity index (χ1n) is 5.32. The number of nitrogens with one attached hydrogen (secondary N) is 1. The number of hydrogen-bond donors (Lipinski definition) is 2. The minimum Gasteiger partial charge on any atom is -0.398 e. The van der Waals surface area contributed by atoms with E-state index in [1.807, 2.05) is 0 Å². The van der Waals surface area contributed by atoms with Crippen LogP contribution in [0.3, 0.4) is 0 Å². The number of hydrogen-bond acceptors (Lipinski definition) is 3. The fourth-order valence-electron chi connectivity index (χ4n) is 1.51. The number of benzene rings is 2. The van der Waals surface area contributed by atoms with Crippen molar-refractivity contribution in [3.05, 3.63) is 50.9 Å². The normalized spacial score (nSPS) is 11.3. The van der Waals surface area contributed by atoms with E-state index in [4.69, 9.17) is 28.9 Å². The summed E-state index contributed by atoms with van der Waals surface area (Å²) in [6, 6.07) is 9.04. The zero-order valence-electron chi connectivity index (χ0n) is 9.90. The van der Waals surface area contributed by atoms with Gasteiger partial charge in [0, 0.05) is 4.47 Å². The average molecular weight is 396 g/mol. The molecule has 0 unspecified atom stereocenters. The molecule has 0 radical (unpaired) electrons. The minimum atomic E-state index is -3.80. The lowest BCUT2D eigenvalue weighted by Crippen LogP contribution is -2.14. The molecular weight excluding hydrogens is 387 g/mol. The van der Waals surface area contributed by atoms with Crippen LogP contribution in [0.5, 0.6) is 0 Å². The summed E-state index contributed by atoms with van der Waals surface area (Å²) in [6.45, 7) is 0. The summed E-state index contributed by atoms with van der Waals surface area (Å²) >= 11 is 14.8. The molecule has 0 aliphatic heterocycles. The highest BCUT2D eigenvalue weighted by Gasteiger charge is 2.18. The molecule has 0 fully saturated rings. The predicted molar refractivity (Wildman–Crippen MR) is 85.8 cm³/mol. The van der Waals surface area contributed by atoms with E-state index in [2.05, 4.69) is 20.7 Å². The van der Waals surface area contributed by atoms with Crippen molar-refractivity contribution in [1.29, 1.82) is 0 Å². The van der Waals surface area contributed by atoms with Gasteiger partial charge >= 0.3 is 0 Å². The topological polar surface area (TPSA) is 72.2 Å². The quantitative estimate of drug-likeness (QED) is 0.767. The number of halogens is 3. The van der Waals surface area contributed by atoms with Gasteiger partial charge in [-0.05, 0) is 36.4 Å². The fraction of sp³-hybridized carbons (Fsp3) is 0. The van der Waals surface area contributed by atoms with Gasteiger partial charge in [0.2, 0.25) is 0 Å². The summed E-state index contributed by atoms with van der Waals surface area (Å²) in [5.41, 5.74) is 6.15. The third-order valence-electron chi connectivity index (χ3n) is 2.44. The predicted octanol–water partition coefficient (Wildman–Crippen LogP) is 4.14. The first-order chi connectivity index (χ1) is 9.29. The van der Waals surface area contributed by atoms with Crippen LogP contribution < -0.4 is 10.5 Å². The summed E-state index contributed by atoms with van der Waals surface area (Å²) in [5.74, 6) is 0. The number of nitrogen functional groups attached to an aromatic ring is 1. The Morgan fingerprint density at radius 3 is 2.40 bits per heavy atom. The zero-order valence-corrected chi connectivity index (χ0v) is 13.8. The number of nitrogens with two attached hydrogens (primary N) is 1. The van der Waals surface area contributed by atoms with Gasteiger partial charge in [0.05, 0.1) is 21.4 Å². The molecule has 0 heterocycles. The van der Waals surface area contributed by atoms with Crippen LogP contribution in [0.15, 0.2) is 45.8 Å². The summed E-state index contributed by atoms with van der Waals surface area (Å²) in [5, 5.41) is 0.602. The molecule has 8 heteroatoms. The van der Waals surface area contributed by atoms with Crippen molar-refractivity contribution >= 4 is 60.5 Å². The molecule has 2 aromatic rings. The standard InChI is InChI=1S/C12H9BrCl2N2O2S/c13-7-1-4-11(16)12(5-7)20(18,19)17-8-2-3-9(14)10(15)6-8/h1-6,17H,16H2. The highest BCUT2D eigenvalue weighted by atomic mass is 79.9. The molecule has 0 bridgehead atoms. The van der Waals surface area contributed by atoms with Gasteiger partial charge in [-0.1, -0.05) is 39.1 Å². The second-order valence-electron chi connectivity index (χ2n) is 3.92. The van der Waals surface area contributed by atoms with Crippen LogP contribution in [0.2, 0.25) is 10.0 Å². The summed E-state index contributed by atoms with van der Waals surface area (Å²) in [7, 11) is -3.80. The molecule has 0 saturated heterocycles. The van der Waals surface area contributed by atoms with Crippen LogP contribution >= 0.6 is 39.1 Å². The fourth-order valence-corrected chi connectivity index (χ4v) is 3.53. The van der Waals surface area contributed by atoms with Crippen LogP contribution in [0, 0.1) is 0 Å². The van der Waals surface area contributed by atoms with Crippen LogP contribution in [0.1, 0.15) is 0 Å². The number of sulfonamides is 1. The van der Waals surface area contributed by atoms with Crippen molar-refractivity contribution in [3.63, 3.8) is 0 Å². The largest absolute Gasteiger partial charge is 0.398 e. The van der Waals surface area contributed by atoms with E-state index in [9.17, 15) is 8.42 Å². The third-order valence-corrected chi connectivity index (χ3v) is 5.11. The van der Waals surface area contributed by atoms with Crippen molar-refractivity contribution in [3.8, 4) is 0 Å². The molecule has 0 spiro atoms. The lowest BCUT2D eigenvalue weighted by molar-refractivity contribution is 0.601. The Kier molecular flexibility index (Phi) is 4.49. The lowest BCUT2D eigenvalue weighted by Gasteiger charge is -2.11. The van der Waals surface area contributed by atoms with E-state index in [-0.39, 0.29) is 15.6 Å². The summed E-state index contributed by atoms with van der Waals surface area (Å²) < 4.78 is 27.6. The maximum absolute atomic E-state index is 12.3. The molecular formula is C12H9BrCl2N2O2S. The Morgan fingerprint density at radius 2 is 1.75 bits per heavy atom. The molecule has 0 aromatic heterocycles. The number of anilines is 2.